The van der Waals surface area contributed by atoms with Gasteiger partial charge in [-0.15, -0.1) is 0 Å². The van der Waals surface area contributed by atoms with Gasteiger partial charge in [0.25, 0.3) is 0 Å². The van der Waals surface area contributed by atoms with Gasteiger partial charge in [-0.25, -0.2) is 0 Å². The van der Waals surface area contributed by atoms with Crippen molar-refractivity contribution in [3.63, 3.8) is 0 Å². The van der Waals surface area contributed by atoms with Gasteiger partial charge in [0.15, 0.2) is 6.10 Å². The molecule has 0 aliphatic carbocycles. The third-order valence-electron chi connectivity index (χ3n) is 14.0. The van der Waals surface area contributed by atoms with Crippen molar-refractivity contribution in [3.8, 4) is 0 Å². The first-order chi connectivity index (χ1) is 39.0. The quantitative estimate of drug-likeness (QED) is 0.0261. The number of esters is 3. The number of ether oxygens (including phenoxy) is 3. The van der Waals surface area contributed by atoms with E-state index < -0.39 is 6.10 Å². The molecule has 0 bridgehead atoms. The van der Waals surface area contributed by atoms with E-state index >= 15 is 0 Å². The number of allylic oxidation sites excluding steroid dienone is 20. The van der Waals surface area contributed by atoms with Crippen LogP contribution >= 0.6 is 0 Å². The molecular formula is C73H122O6. The summed E-state index contributed by atoms with van der Waals surface area (Å²) in [4.78, 5) is 38.2. The fourth-order valence-corrected chi connectivity index (χ4v) is 9.02. The van der Waals surface area contributed by atoms with Crippen LogP contribution in [0.15, 0.2) is 122 Å². The highest BCUT2D eigenvalue weighted by Crippen LogP contribution is 2.16. The molecule has 0 rings (SSSR count). The van der Waals surface area contributed by atoms with Crippen molar-refractivity contribution in [3.05, 3.63) is 122 Å². The molecule has 6 nitrogen and oxygen atoms in total. The van der Waals surface area contributed by atoms with Crippen molar-refractivity contribution in [1.29, 1.82) is 0 Å². The van der Waals surface area contributed by atoms with Gasteiger partial charge in [-0.1, -0.05) is 290 Å². The highest BCUT2D eigenvalue weighted by atomic mass is 16.6. The van der Waals surface area contributed by atoms with Crippen molar-refractivity contribution in [2.24, 2.45) is 0 Å². The minimum atomic E-state index is -0.787. The molecule has 0 radical (unpaired) electrons. The van der Waals surface area contributed by atoms with Crippen LogP contribution in [0.4, 0.5) is 0 Å². The number of hydrogen-bond donors (Lipinski definition) is 0. The zero-order valence-corrected chi connectivity index (χ0v) is 51.6. The van der Waals surface area contributed by atoms with Crippen molar-refractivity contribution in [2.45, 2.75) is 309 Å². The van der Waals surface area contributed by atoms with Gasteiger partial charge in [0.2, 0.25) is 0 Å². The smallest absolute Gasteiger partial charge is 0.306 e. The van der Waals surface area contributed by atoms with E-state index in [2.05, 4.69) is 142 Å². The summed E-state index contributed by atoms with van der Waals surface area (Å²) in [7, 11) is 0. The summed E-state index contributed by atoms with van der Waals surface area (Å²) >= 11 is 0. The summed E-state index contributed by atoms with van der Waals surface area (Å²) in [6.07, 6.45) is 92.1. The van der Waals surface area contributed by atoms with Crippen LogP contribution < -0.4 is 0 Å². The standard InChI is InChI=1S/C73H122O6/c1-4-7-10-13-16-19-22-25-27-28-29-30-31-32-33-34-35-36-37-38-39-40-41-42-43-44-45-46-47-49-51-54-57-60-63-66-72(75)78-69-70(68-77-71(74)65-62-59-56-53-50-24-21-18-15-12-9-6-3)79-73(76)67-64-61-58-55-52-48-26-23-20-17-14-11-8-5-2/h7,10,16,19,23,25-27,29-30,32-33,35-36,38-39,41-42,44-45,70H,4-6,8-9,11-15,17-18,20-22,24,28,31,34,37,40,43,46-69H2,1-3H3/b10-7-,19-16-,26-23-,27-25-,30-29-,33-32-,36-35-,39-38-,42-41-,45-44-. The first-order valence-electron chi connectivity index (χ1n) is 33.0. The van der Waals surface area contributed by atoms with Crippen LogP contribution in [-0.4, -0.2) is 37.2 Å². The molecule has 0 heterocycles. The van der Waals surface area contributed by atoms with E-state index in [1.54, 1.807) is 0 Å². The van der Waals surface area contributed by atoms with Gasteiger partial charge in [-0.05, 0) is 116 Å². The molecule has 0 aromatic carbocycles. The Balaban J connectivity index is 4.23. The number of carbonyl (C=O) groups is 3. The molecule has 1 unspecified atom stereocenters. The number of hydrogen-bond acceptors (Lipinski definition) is 6. The molecule has 0 aromatic heterocycles. The second-order valence-electron chi connectivity index (χ2n) is 21.6. The molecule has 0 saturated carbocycles. The number of rotatable bonds is 59. The minimum Gasteiger partial charge on any atom is -0.462 e. The summed E-state index contributed by atoms with van der Waals surface area (Å²) in [5.74, 6) is -0.897. The van der Waals surface area contributed by atoms with Crippen LogP contribution in [0.25, 0.3) is 0 Å². The van der Waals surface area contributed by atoms with E-state index in [0.29, 0.717) is 19.3 Å². The molecule has 1 atom stereocenters. The fourth-order valence-electron chi connectivity index (χ4n) is 9.02. The van der Waals surface area contributed by atoms with Gasteiger partial charge in [0.1, 0.15) is 13.2 Å². The maximum Gasteiger partial charge on any atom is 0.306 e. The largest absolute Gasteiger partial charge is 0.462 e. The molecule has 0 saturated heterocycles. The van der Waals surface area contributed by atoms with Crippen LogP contribution in [0, 0.1) is 0 Å². The second kappa shape index (κ2) is 66.3. The second-order valence-corrected chi connectivity index (χ2v) is 21.6. The van der Waals surface area contributed by atoms with Crippen LogP contribution in [0.2, 0.25) is 0 Å². The molecule has 0 aliphatic heterocycles. The molecule has 0 amide bonds. The van der Waals surface area contributed by atoms with Crippen molar-refractivity contribution >= 4 is 17.9 Å². The van der Waals surface area contributed by atoms with Gasteiger partial charge in [0.05, 0.1) is 0 Å². The molecule has 0 fully saturated rings. The first kappa shape index (κ1) is 74.8. The lowest BCUT2D eigenvalue weighted by Gasteiger charge is -2.18. The first-order valence-corrected chi connectivity index (χ1v) is 33.0. The van der Waals surface area contributed by atoms with Gasteiger partial charge in [0, 0.05) is 19.3 Å². The monoisotopic (exact) mass is 1090 g/mol. The van der Waals surface area contributed by atoms with E-state index in [-0.39, 0.29) is 31.1 Å². The Morgan fingerprint density at radius 3 is 0.785 bits per heavy atom. The van der Waals surface area contributed by atoms with Gasteiger partial charge in [-0.2, -0.15) is 0 Å². The Bertz CT molecular complexity index is 1640. The van der Waals surface area contributed by atoms with E-state index in [1.807, 2.05) is 0 Å². The Hall–Kier alpha value is -4.19. The topological polar surface area (TPSA) is 78.9 Å². The predicted octanol–water partition coefficient (Wildman–Crippen LogP) is 22.8. The van der Waals surface area contributed by atoms with Crippen molar-refractivity contribution < 1.29 is 28.6 Å². The Morgan fingerprint density at radius 1 is 0.266 bits per heavy atom. The summed E-state index contributed by atoms with van der Waals surface area (Å²) in [5.41, 5.74) is 0. The summed E-state index contributed by atoms with van der Waals surface area (Å²) in [6.45, 7) is 6.51. The SMILES string of the molecule is CC/C=C\C/C=C\C/C=C\C/C=C\C/C=C\C/C=C\C/C=C\C/C=C\C/C=C\CCCCCCCCCC(=O)OCC(COC(=O)CCCCCCCCCCCCCC)OC(=O)CCCCCCC/C=C\CCCCCCC. The van der Waals surface area contributed by atoms with Gasteiger partial charge >= 0.3 is 17.9 Å². The van der Waals surface area contributed by atoms with Crippen LogP contribution in [0.5, 0.6) is 0 Å². The number of carbonyl (C=O) groups excluding carboxylic acids is 3. The number of unbranched alkanes of at least 4 members (excludes halogenated alkanes) is 28. The normalized spacial score (nSPS) is 12.9. The third kappa shape index (κ3) is 64.5. The lowest BCUT2D eigenvalue weighted by atomic mass is 10.0. The lowest BCUT2D eigenvalue weighted by Crippen LogP contribution is -2.30. The highest BCUT2D eigenvalue weighted by molar-refractivity contribution is 5.71. The zero-order chi connectivity index (χ0) is 57.1. The van der Waals surface area contributed by atoms with Crippen molar-refractivity contribution in [1.82, 2.24) is 0 Å². The summed E-state index contributed by atoms with van der Waals surface area (Å²) in [6, 6.07) is 0. The molecule has 0 N–H and O–H groups in total. The minimum absolute atomic E-state index is 0.0830. The lowest BCUT2D eigenvalue weighted by molar-refractivity contribution is -0.167. The fraction of sp³-hybridized carbons (Fsp3) is 0.685. The molecule has 79 heavy (non-hydrogen) atoms. The van der Waals surface area contributed by atoms with E-state index in [1.165, 1.54) is 128 Å². The maximum absolute atomic E-state index is 12.9. The van der Waals surface area contributed by atoms with Crippen LogP contribution in [-0.2, 0) is 28.6 Å². The third-order valence-corrected chi connectivity index (χ3v) is 14.0. The molecule has 0 aliphatic rings. The molecule has 0 spiro atoms. The zero-order valence-electron chi connectivity index (χ0n) is 51.6. The summed E-state index contributed by atoms with van der Waals surface area (Å²) < 4.78 is 16.9. The Kier molecular flexibility index (Phi) is 62.8. The molecular weight excluding hydrogens is 973 g/mol. The van der Waals surface area contributed by atoms with Crippen molar-refractivity contribution in [2.75, 3.05) is 13.2 Å². The predicted molar refractivity (Wildman–Crippen MR) is 343 cm³/mol. The molecule has 6 heteroatoms. The van der Waals surface area contributed by atoms with E-state index in [0.717, 1.165) is 135 Å². The van der Waals surface area contributed by atoms with Gasteiger partial charge in [-0.3, -0.25) is 14.4 Å². The van der Waals surface area contributed by atoms with E-state index in [4.69, 9.17) is 14.2 Å². The molecule has 0 aromatic rings. The maximum atomic E-state index is 12.9. The average Bonchev–Trinajstić information content (AvgIpc) is 3.45. The molecule has 450 valence electrons. The summed E-state index contributed by atoms with van der Waals surface area (Å²) in [5, 5.41) is 0. The Labute approximate surface area is 488 Å². The van der Waals surface area contributed by atoms with Crippen LogP contribution in [0.3, 0.4) is 0 Å². The van der Waals surface area contributed by atoms with Crippen LogP contribution in [0.1, 0.15) is 303 Å². The average molecular weight is 1100 g/mol. The van der Waals surface area contributed by atoms with E-state index in [9.17, 15) is 14.4 Å². The highest BCUT2D eigenvalue weighted by Gasteiger charge is 2.19. The van der Waals surface area contributed by atoms with Gasteiger partial charge < -0.3 is 14.2 Å². The Morgan fingerprint density at radius 2 is 0.494 bits per heavy atom.